The molecule has 0 aliphatic carbocycles. The molecule has 1 aromatic rings. The molecule has 1 unspecified atom stereocenters. The zero-order chi connectivity index (χ0) is 14.1. The molecule has 0 bridgehead atoms. The highest BCUT2D eigenvalue weighted by Gasteiger charge is 2.10. The molecule has 0 spiro atoms. The van der Waals surface area contributed by atoms with Gasteiger partial charge >= 0.3 is 0 Å². The van der Waals surface area contributed by atoms with E-state index in [2.05, 4.69) is 6.92 Å². The number of ether oxygens (including phenoxy) is 3. The van der Waals surface area contributed by atoms with Crippen molar-refractivity contribution in [1.82, 2.24) is 0 Å². The molecule has 0 aromatic heterocycles. The fourth-order valence-corrected chi connectivity index (χ4v) is 1.58. The summed E-state index contributed by atoms with van der Waals surface area (Å²) in [6.07, 6.45) is 0.991. The largest absolute Gasteiger partial charge is 0.494 e. The van der Waals surface area contributed by atoms with Crippen LogP contribution < -0.4 is 10.5 Å². The van der Waals surface area contributed by atoms with Gasteiger partial charge in [0.15, 0.2) is 11.6 Å². The van der Waals surface area contributed by atoms with Gasteiger partial charge in [0.25, 0.3) is 0 Å². The number of halogens is 1. The monoisotopic (exact) mass is 271 g/mol. The van der Waals surface area contributed by atoms with Crippen LogP contribution in [0, 0.1) is 5.82 Å². The average molecular weight is 271 g/mol. The molecule has 0 fully saturated rings. The van der Waals surface area contributed by atoms with Crippen molar-refractivity contribution in [2.75, 3.05) is 33.5 Å². The SMILES string of the molecule is CCCOCCOCC(N)c1ccc(OC)c(F)c1. The number of hydrogen-bond acceptors (Lipinski definition) is 4. The highest BCUT2D eigenvalue weighted by molar-refractivity contribution is 5.30. The summed E-state index contributed by atoms with van der Waals surface area (Å²) in [5, 5.41) is 0. The second kappa shape index (κ2) is 8.85. The topological polar surface area (TPSA) is 53.7 Å². The zero-order valence-corrected chi connectivity index (χ0v) is 11.5. The van der Waals surface area contributed by atoms with Crippen LogP contribution in [-0.4, -0.2) is 33.5 Å². The molecule has 1 aromatic carbocycles. The van der Waals surface area contributed by atoms with Gasteiger partial charge in [0.1, 0.15) is 0 Å². The maximum Gasteiger partial charge on any atom is 0.165 e. The molecule has 0 radical (unpaired) electrons. The van der Waals surface area contributed by atoms with Gasteiger partial charge in [-0.1, -0.05) is 13.0 Å². The van der Waals surface area contributed by atoms with E-state index in [4.69, 9.17) is 19.9 Å². The molecule has 19 heavy (non-hydrogen) atoms. The van der Waals surface area contributed by atoms with Gasteiger partial charge in [-0.05, 0) is 24.1 Å². The van der Waals surface area contributed by atoms with E-state index >= 15 is 0 Å². The Morgan fingerprint density at radius 1 is 1.21 bits per heavy atom. The lowest BCUT2D eigenvalue weighted by atomic mass is 10.1. The van der Waals surface area contributed by atoms with Gasteiger partial charge in [0.2, 0.25) is 0 Å². The second-order valence-corrected chi connectivity index (χ2v) is 4.19. The van der Waals surface area contributed by atoms with Gasteiger partial charge in [-0.25, -0.2) is 4.39 Å². The van der Waals surface area contributed by atoms with E-state index in [0.717, 1.165) is 13.0 Å². The first-order valence-electron chi connectivity index (χ1n) is 6.43. The molecular weight excluding hydrogens is 249 g/mol. The van der Waals surface area contributed by atoms with Gasteiger partial charge in [-0.2, -0.15) is 0 Å². The van der Waals surface area contributed by atoms with E-state index in [-0.39, 0.29) is 11.8 Å². The van der Waals surface area contributed by atoms with Crippen LogP contribution in [0.25, 0.3) is 0 Å². The lowest BCUT2D eigenvalue weighted by Crippen LogP contribution is -2.19. The molecule has 4 nitrogen and oxygen atoms in total. The molecule has 1 atom stereocenters. The molecule has 0 heterocycles. The summed E-state index contributed by atoms with van der Waals surface area (Å²) in [5.41, 5.74) is 6.61. The van der Waals surface area contributed by atoms with Crippen molar-refractivity contribution in [3.05, 3.63) is 29.6 Å². The Balaban J connectivity index is 2.33. The lowest BCUT2D eigenvalue weighted by Gasteiger charge is -2.13. The van der Waals surface area contributed by atoms with Gasteiger partial charge in [-0.3, -0.25) is 0 Å². The van der Waals surface area contributed by atoms with Crippen molar-refractivity contribution in [2.45, 2.75) is 19.4 Å². The average Bonchev–Trinajstić information content (AvgIpc) is 2.42. The summed E-state index contributed by atoms with van der Waals surface area (Å²) >= 11 is 0. The molecule has 108 valence electrons. The van der Waals surface area contributed by atoms with Crippen LogP contribution in [0.1, 0.15) is 24.9 Å². The Kier molecular flexibility index (Phi) is 7.40. The first-order chi connectivity index (χ1) is 9.19. The molecule has 0 aliphatic rings. The Labute approximate surface area is 113 Å². The van der Waals surface area contributed by atoms with Crippen LogP contribution >= 0.6 is 0 Å². The highest BCUT2D eigenvalue weighted by atomic mass is 19.1. The van der Waals surface area contributed by atoms with Crippen LogP contribution in [0.5, 0.6) is 5.75 Å². The fraction of sp³-hybridized carbons (Fsp3) is 0.571. The molecule has 0 saturated carbocycles. The third-order valence-electron chi connectivity index (χ3n) is 2.62. The van der Waals surface area contributed by atoms with Crippen molar-refractivity contribution < 1.29 is 18.6 Å². The van der Waals surface area contributed by atoms with E-state index in [1.54, 1.807) is 12.1 Å². The summed E-state index contributed by atoms with van der Waals surface area (Å²) in [6.45, 7) is 4.17. The Morgan fingerprint density at radius 2 is 1.95 bits per heavy atom. The number of hydrogen-bond donors (Lipinski definition) is 1. The van der Waals surface area contributed by atoms with E-state index in [9.17, 15) is 4.39 Å². The van der Waals surface area contributed by atoms with Gasteiger partial charge in [0.05, 0.1) is 33.0 Å². The third kappa shape index (κ3) is 5.55. The summed E-state index contributed by atoms with van der Waals surface area (Å²) in [4.78, 5) is 0. The zero-order valence-electron chi connectivity index (χ0n) is 11.5. The third-order valence-corrected chi connectivity index (χ3v) is 2.62. The molecule has 2 N–H and O–H groups in total. The van der Waals surface area contributed by atoms with Crippen molar-refractivity contribution in [3.63, 3.8) is 0 Å². The predicted octanol–water partition coefficient (Wildman–Crippen LogP) is 2.28. The van der Waals surface area contributed by atoms with Crippen LogP contribution in [-0.2, 0) is 9.47 Å². The number of rotatable bonds is 9. The molecule has 0 saturated heterocycles. The van der Waals surface area contributed by atoms with Crippen molar-refractivity contribution in [3.8, 4) is 5.75 Å². The van der Waals surface area contributed by atoms with Crippen molar-refractivity contribution in [2.24, 2.45) is 5.73 Å². The number of methoxy groups -OCH3 is 1. The maximum absolute atomic E-state index is 13.5. The van der Waals surface area contributed by atoms with Gasteiger partial charge in [-0.15, -0.1) is 0 Å². The Hall–Kier alpha value is -1.17. The van der Waals surface area contributed by atoms with Crippen LogP contribution in [0.2, 0.25) is 0 Å². The highest BCUT2D eigenvalue weighted by Crippen LogP contribution is 2.20. The van der Waals surface area contributed by atoms with Crippen LogP contribution in [0.4, 0.5) is 4.39 Å². The molecule has 0 aliphatic heterocycles. The smallest absolute Gasteiger partial charge is 0.165 e. The Bertz CT molecular complexity index is 374. The normalized spacial score (nSPS) is 12.4. The van der Waals surface area contributed by atoms with Crippen LogP contribution in [0.3, 0.4) is 0 Å². The van der Waals surface area contributed by atoms with Crippen molar-refractivity contribution >= 4 is 0 Å². The maximum atomic E-state index is 13.5. The minimum absolute atomic E-state index is 0.213. The summed E-state index contributed by atoms with van der Waals surface area (Å²) in [5.74, 6) is -0.202. The fourth-order valence-electron chi connectivity index (χ4n) is 1.58. The van der Waals surface area contributed by atoms with Crippen LogP contribution in [0.15, 0.2) is 18.2 Å². The minimum atomic E-state index is -0.415. The second-order valence-electron chi connectivity index (χ2n) is 4.19. The van der Waals surface area contributed by atoms with Gasteiger partial charge < -0.3 is 19.9 Å². The quantitative estimate of drug-likeness (QED) is 0.700. The summed E-state index contributed by atoms with van der Waals surface area (Å²) in [7, 11) is 1.43. The molecule has 0 amide bonds. The first-order valence-corrected chi connectivity index (χ1v) is 6.43. The lowest BCUT2D eigenvalue weighted by molar-refractivity contribution is 0.0428. The first kappa shape index (κ1) is 15.9. The summed E-state index contributed by atoms with van der Waals surface area (Å²) < 4.78 is 29.0. The van der Waals surface area contributed by atoms with E-state index in [1.807, 2.05) is 0 Å². The van der Waals surface area contributed by atoms with E-state index in [1.165, 1.54) is 13.2 Å². The van der Waals surface area contributed by atoms with E-state index < -0.39 is 5.82 Å². The number of nitrogens with two attached hydrogens (primary N) is 1. The summed E-state index contributed by atoms with van der Waals surface area (Å²) in [6, 6.07) is 4.32. The molecule has 1 rings (SSSR count). The molecular formula is C14H22FNO3. The van der Waals surface area contributed by atoms with E-state index in [0.29, 0.717) is 25.4 Å². The number of benzene rings is 1. The Morgan fingerprint density at radius 3 is 2.58 bits per heavy atom. The van der Waals surface area contributed by atoms with Gasteiger partial charge in [0, 0.05) is 6.61 Å². The standard InChI is InChI=1S/C14H22FNO3/c1-3-6-18-7-8-19-10-13(16)11-4-5-14(17-2)12(15)9-11/h4-5,9,13H,3,6-8,10,16H2,1-2H3. The molecule has 5 heteroatoms. The minimum Gasteiger partial charge on any atom is -0.494 e. The predicted molar refractivity (Wildman–Crippen MR) is 71.8 cm³/mol. The van der Waals surface area contributed by atoms with Crippen molar-refractivity contribution in [1.29, 1.82) is 0 Å².